The second-order valence-corrected chi connectivity index (χ2v) is 4.57. The average Bonchev–Trinajstić information content (AvgIpc) is 2.73. The summed E-state index contributed by atoms with van der Waals surface area (Å²) in [5.41, 5.74) is 1.72. The van der Waals surface area contributed by atoms with Gasteiger partial charge >= 0.3 is 0 Å². The molecule has 0 amide bonds. The third kappa shape index (κ3) is 3.22. The summed E-state index contributed by atoms with van der Waals surface area (Å²) in [6.45, 7) is 0.864. The summed E-state index contributed by atoms with van der Waals surface area (Å²) in [4.78, 5) is 0. The summed E-state index contributed by atoms with van der Waals surface area (Å²) in [7, 11) is 0. The van der Waals surface area contributed by atoms with Gasteiger partial charge in [0.15, 0.2) is 0 Å². The first kappa shape index (κ1) is 12.4. The molecule has 0 aliphatic carbocycles. The molecule has 0 saturated heterocycles. The molecule has 1 N–H and O–H groups in total. The zero-order valence-electron chi connectivity index (χ0n) is 9.11. The Morgan fingerprint density at radius 2 is 1.88 bits per heavy atom. The summed E-state index contributed by atoms with van der Waals surface area (Å²) in [5.74, 6) is 0. The van der Waals surface area contributed by atoms with Gasteiger partial charge in [0.2, 0.25) is 0 Å². The Morgan fingerprint density at radius 3 is 2.53 bits per heavy atom. The van der Waals surface area contributed by atoms with Crippen molar-refractivity contribution in [1.82, 2.24) is 9.78 Å². The molecule has 1 aromatic heterocycles. The van der Waals surface area contributed by atoms with Gasteiger partial charge < -0.3 is 5.11 Å². The van der Waals surface area contributed by atoms with E-state index in [-0.39, 0.29) is 6.61 Å². The highest BCUT2D eigenvalue weighted by Gasteiger charge is 2.04. The lowest BCUT2D eigenvalue weighted by Crippen LogP contribution is -2.00. The molecule has 0 spiro atoms. The van der Waals surface area contributed by atoms with E-state index in [4.69, 9.17) is 28.3 Å². The Morgan fingerprint density at radius 1 is 1.18 bits per heavy atom. The van der Waals surface area contributed by atoms with Gasteiger partial charge in [-0.05, 0) is 30.7 Å². The van der Waals surface area contributed by atoms with Crippen LogP contribution in [0.1, 0.15) is 6.42 Å². The minimum Gasteiger partial charge on any atom is -0.396 e. The van der Waals surface area contributed by atoms with Crippen molar-refractivity contribution in [2.45, 2.75) is 13.0 Å². The molecule has 0 bridgehead atoms. The van der Waals surface area contributed by atoms with Crippen molar-refractivity contribution in [1.29, 1.82) is 0 Å². The van der Waals surface area contributed by atoms with Crippen LogP contribution in [0.4, 0.5) is 0 Å². The van der Waals surface area contributed by atoms with Gasteiger partial charge in [-0.15, -0.1) is 0 Å². The van der Waals surface area contributed by atoms with Crippen LogP contribution >= 0.6 is 23.2 Å². The Balaban J connectivity index is 2.24. The number of hydrogen-bond acceptors (Lipinski definition) is 2. The van der Waals surface area contributed by atoms with Crippen LogP contribution in [0.5, 0.6) is 0 Å². The van der Waals surface area contributed by atoms with Crippen LogP contribution in [-0.4, -0.2) is 21.5 Å². The number of halogens is 2. The van der Waals surface area contributed by atoms with Crippen LogP contribution < -0.4 is 0 Å². The van der Waals surface area contributed by atoms with Gasteiger partial charge in [-0.3, -0.25) is 4.68 Å². The van der Waals surface area contributed by atoms with Crippen LogP contribution in [0, 0.1) is 0 Å². The van der Waals surface area contributed by atoms with E-state index in [2.05, 4.69) is 5.10 Å². The first-order chi connectivity index (χ1) is 8.19. The lowest BCUT2D eigenvalue weighted by atomic mass is 10.2. The van der Waals surface area contributed by atoms with Gasteiger partial charge in [0, 0.05) is 35.0 Å². The van der Waals surface area contributed by atoms with Gasteiger partial charge in [0.1, 0.15) is 0 Å². The number of nitrogens with zero attached hydrogens (tertiary/aromatic N) is 2. The van der Waals surface area contributed by atoms with E-state index in [1.165, 1.54) is 0 Å². The van der Waals surface area contributed by atoms with E-state index in [9.17, 15) is 0 Å². The molecule has 0 fully saturated rings. The fourth-order valence-electron chi connectivity index (χ4n) is 1.57. The van der Waals surface area contributed by atoms with Crippen LogP contribution in [0.15, 0.2) is 30.5 Å². The first-order valence-electron chi connectivity index (χ1n) is 5.30. The van der Waals surface area contributed by atoms with Crippen molar-refractivity contribution in [3.63, 3.8) is 0 Å². The van der Waals surface area contributed by atoms with E-state index in [0.717, 1.165) is 11.3 Å². The van der Waals surface area contributed by atoms with Gasteiger partial charge in [0.05, 0.1) is 5.69 Å². The number of aromatic nitrogens is 2. The second kappa shape index (κ2) is 5.54. The van der Waals surface area contributed by atoms with Crippen LogP contribution in [0.25, 0.3) is 11.3 Å². The molecular weight excluding hydrogens is 259 g/mol. The molecule has 17 heavy (non-hydrogen) atoms. The lowest BCUT2D eigenvalue weighted by molar-refractivity contribution is 0.277. The quantitative estimate of drug-likeness (QED) is 0.927. The Kier molecular flexibility index (Phi) is 4.05. The number of hydrogen-bond donors (Lipinski definition) is 1. The molecule has 0 atom stereocenters. The number of aryl methyl sites for hydroxylation is 1. The zero-order chi connectivity index (χ0) is 12.3. The molecule has 2 rings (SSSR count). The second-order valence-electron chi connectivity index (χ2n) is 3.70. The van der Waals surface area contributed by atoms with E-state index in [0.29, 0.717) is 23.0 Å². The molecule has 1 heterocycles. The molecule has 3 nitrogen and oxygen atoms in total. The van der Waals surface area contributed by atoms with E-state index >= 15 is 0 Å². The maximum atomic E-state index is 8.75. The highest BCUT2D eigenvalue weighted by Crippen LogP contribution is 2.25. The normalized spacial score (nSPS) is 10.8. The van der Waals surface area contributed by atoms with E-state index in [1.807, 2.05) is 24.4 Å². The third-order valence-electron chi connectivity index (χ3n) is 2.34. The molecule has 0 unspecified atom stereocenters. The third-order valence-corrected chi connectivity index (χ3v) is 2.78. The first-order valence-corrected chi connectivity index (χ1v) is 6.05. The molecule has 2 aromatic rings. The predicted octanol–water partition coefficient (Wildman–Crippen LogP) is 3.24. The molecular formula is C12H12Cl2N2O. The smallest absolute Gasteiger partial charge is 0.0924 e. The zero-order valence-corrected chi connectivity index (χ0v) is 10.6. The number of rotatable bonds is 4. The van der Waals surface area contributed by atoms with Gasteiger partial charge in [0.25, 0.3) is 0 Å². The lowest BCUT2D eigenvalue weighted by Gasteiger charge is -2.00. The van der Waals surface area contributed by atoms with Crippen molar-refractivity contribution >= 4 is 23.2 Å². The summed E-state index contributed by atoms with van der Waals surface area (Å²) in [6, 6.07) is 7.24. The number of benzene rings is 1. The predicted molar refractivity (Wildman–Crippen MR) is 69.4 cm³/mol. The average molecular weight is 271 g/mol. The standard InChI is InChI=1S/C12H12Cl2N2O/c13-10-6-9(7-11(14)8-10)12-2-4-16(15-12)3-1-5-17/h2,4,6-8,17H,1,3,5H2. The van der Waals surface area contributed by atoms with Crippen LogP contribution in [-0.2, 0) is 6.54 Å². The van der Waals surface area contributed by atoms with Crippen LogP contribution in [0.2, 0.25) is 10.0 Å². The molecule has 0 aliphatic heterocycles. The van der Waals surface area contributed by atoms with E-state index < -0.39 is 0 Å². The number of aliphatic hydroxyl groups is 1. The summed E-state index contributed by atoms with van der Waals surface area (Å²) in [5, 5.41) is 14.3. The molecule has 1 aromatic carbocycles. The minimum absolute atomic E-state index is 0.165. The van der Waals surface area contributed by atoms with Gasteiger partial charge in [-0.25, -0.2) is 0 Å². The molecule has 90 valence electrons. The summed E-state index contributed by atoms with van der Waals surface area (Å²) < 4.78 is 1.79. The maximum absolute atomic E-state index is 8.75. The summed E-state index contributed by atoms with van der Waals surface area (Å²) in [6.07, 6.45) is 2.57. The van der Waals surface area contributed by atoms with Crippen molar-refractivity contribution in [3.8, 4) is 11.3 Å². The Hall–Kier alpha value is -1.03. The molecule has 0 radical (unpaired) electrons. The van der Waals surface area contributed by atoms with Crippen molar-refractivity contribution in [2.75, 3.05) is 6.61 Å². The Bertz CT molecular complexity index is 491. The summed E-state index contributed by atoms with van der Waals surface area (Å²) >= 11 is 11.9. The van der Waals surface area contributed by atoms with Crippen molar-refractivity contribution in [2.24, 2.45) is 0 Å². The van der Waals surface area contributed by atoms with Crippen molar-refractivity contribution in [3.05, 3.63) is 40.5 Å². The fourth-order valence-corrected chi connectivity index (χ4v) is 2.10. The Labute approximate surface area is 110 Å². The monoisotopic (exact) mass is 270 g/mol. The van der Waals surface area contributed by atoms with Crippen LogP contribution in [0.3, 0.4) is 0 Å². The van der Waals surface area contributed by atoms with E-state index in [1.54, 1.807) is 10.7 Å². The molecule has 0 aliphatic rings. The number of aliphatic hydroxyl groups excluding tert-OH is 1. The fraction of sp³-hybridized carbons (Fsp3) is 0.250. The topological polar surface area (TPSA) is 38.0 Å². The SMILES string of the molecule is OCCCn1ccc(-c2cc(Cl)cc(Cl)c2)n1. The van der Waals surface area contributed by atoms with Crippen molar-refractivity contribution < 1.29 is 5.11 Å². The highest BCUT2D eigenvalue weighted by atomic mass is 35.5. The molecule has 5 heteroatoms. The minimum atomic E-state index is 0.165. The largest absolute Gasteiger partial charge is 0.396 e. The highest BCUT2D eigenvalue weighted by molar-refractivity contribution is 6.35. The van der Waals surface area contributed by atoms with Gasteiger partial charge in [-0.1, -0.05) is 23.2 Å². The van der Waals surface area contributed by atoms with Gasteiger partial charge in [-0.2, -0.15) is 5.10 Å². The maximum Gasteiger partial charge on any atom is 0.0924 e. The molecule has 0 saturated carbocycles.